The maximum absolute atomic E-state index is 12.5. The van der Waals surface area contributed by atoms with E-state index in [1.807, 2.05) is 12.1 Å². The first-order valence-corrected chi connectivity index (χ1v) is 8.29. The third kappa shape index (κ3) is 3.07. The molecule has 108 valence electrons. The zero-order valence-corrected chi connectivity index (χ0v) is 13.2. The maximum atomic E-state index is 12.5. The Morgan fingerprint density at radius 3 is 2.75 bits per heavy atom. The van der Waals surface area contributed by atoms with E-state index in [1.54, 1.807) is 0 Å². The van der Waals surface area contributed by atoms with E-state index in [0.29, 0.717) is 24.4 Å². The largest absolute Gasteiger partial charge is 0.335 e. The van der Waals surface area contributed by atoms with E-state index in [0.717, 1.165) is 30.4 Å². The molecule has 2 unspecified atom stereocenters. The van der Waals surface area contributed by atoms with Crippen molar-refractivity contribution in [1.29, 1.82) is 0 Å². The Morgan fingerprint density at radius 1 is 1.20 bits per heavy atom. The number of carbonyl (C=O) groups is 1. The van der Waals surface area contributed by atoms with Crippen molar-refractivity contribution in [1.82, 2.24) is 10.2 Å². The molecule has 0 spiro atoms. The van der Waals surface area contributed by atoms with Crippen LogP contribution in [0.4, 0.5) is 0 Å². The van der Waals surface area contributed by atoms with E-state index in [1.165, 1.54) is 18.4 Å². The lowest BCUT2D eigenvalue weighted by molar-refractivity contribution is -0.133. The lowest BCUT2D eigenvalue weighted by Crippen LogP contribution is -2.42. The van der Waals surface area contributed by atoms with Crippen LogP contribution in [0.3, 0.4) is 0 Å². The SMILES string of the molecule is O=C(CCc1ccc(Br)cc1)N1C2CCNCC1CC2. The molecule has 2 heterocycles. The molecule has 0 aliphatic carbocycles. The van der Waals surface area contributed by atoms with Crippen molar-refractivity contribution in [3.8, 4) is 0 Å². The summed E-state index contributed by atoms with van der Waals surface area (Å²) in [6.45, 7) is 2.03. The van der Waals surface area contributed by atoms with Gasteiger partial charge in [-0.2, -0.15) is 0 Å². The number of benzene rings is 1. The molecule has 2 saturated heterocycles. The summed E-state index contributed by atoms with van der Waals surface area (Å²) in [5.74, 6) is 0.337. The van der Waals surface area contributed by atoms with Crippen LogP contribution in [-0.2, 0) is 11.2 Å². The summed E-state index contributed by atoms with van der Waals surface area (Å²) >= 11 is 3.44. The molecule has 0 radical (unpaired) electrons. The van der Waals surface area contributed by atoms with Gasteiger partial charge in [-0.05, 0) is 49.9 Å². The van der Waals surface area contributed by atoms with Gasteiger partial charge >= 0.3 is 0 Å². The molecule has 20 heavy (non-hydrogen) atoms. The van der Waals surface area contributed by atoms with E-state index in [2.05, 4.69) is 38.3 Å². The summed E-state index contributed by atoms with van der Waals surface area (Å²) in [4.78, 5) is 14.7. The summed E-state index contributed by atoms with van der Waals surface area (Å²) in [6, 6.07) is 9.18. The average molecular weight is 337 g/mol. The molecule has 1 aromatic rings. The molecule has 2 fully saturated rings. The van der Waals surface area contributed by atoms with Gasteiger partial charge in [0.15, 0.2) is 0 Å². The molecule has 0 saturated carbocycles. The van der Waals surface area contributed by atoms with Crippen molar-refractivity contribution >= 4 is 21.8 Å². The van der Waals surface area contributed by atoms with Crippen molar-refractivity contribution in [3.63, 3.8) is 0 Å². The van der Waals surface area contributed by atoms with Crippen molar-refractivity contribution in [3.05, 3.63) is 34.3 Å². The van der Waals surface area contributed by atoms with Crippen LogP contribution in [-0.4, -0.2) is 36.0 Å². The fraction of sp³-hybridized carbons (Fsp3) is 0.562. The lowest BCUT2D eigenvalue weighted by atomic mass is 10.1. The number of amides is 1. The minimum atomic E-state index is 0.337. The summed E-state index contributed by atoms with van der Waals surface area (Å²) in [7, 11) is 0. The van der Waals surface area contributed by atoms with Gasteiger partial charge in [0.05, 0.1) is 0 Å². The first kappa shape index (κ1) is 14.1. The molecule has 2 atom stereocenters. The van der Waals surface area contributed by atoms with Crippen molar-refractivity contribution in [2.24, 2.45) is 0 Å². The van der Waals surface area contributed by atoms with Crippen molar-refractivity contribution < 1.29 is 4.79 Å². The fourth-order valence-corrected chi connectivity index (χ4v) is 3.69. The van der Waals surface area contributed by atoms with Crippen LogP contribution in [0, 0.1) is 0 Å². The second-order valence-electron chi connectivity index (χ2n) is 5.81. The Hall–Kier alpha value is -0.870. The smallest absolute Gasteiger partial charge is 0.223 e. The van der Waals surface area contributed by atoms with Crippen LogP contribution < -0.4 is 5.32 Å². The second-order valence-corrected chi connectivity index (χ2v) is 6.72. The predicted octanol–water partition coefficient (Wildman–Crippen LogP) is 2.73. The van der Waals surface area contributed by atoms with Crippen LogP contribution in [0.15, 0.2) is 28.7 Å². The topological polar surface area (TPSA) is 32.3 Å². The van der Waals surface area contributed by atoms with E-state index in [4.69, 9.17) is 0 Å². The summed E-state index contributed by atoms with van der Waals surface area (Å²) in [5, 5.41) is 3.44. The van der Waals surface area contributed by atoms with E-state index in [-0.39, 0.29) is 0 Å². The number of nitrogens with one attached hydrogen (secondary N) is 1. The minimum Gasteiger partial charge on any atom is -0.335 e. The molecule has 2 aliphatic rings. The van der Waals surface area contributed by atoms with Gasteiger partial charge in [-0.25, -0.2) is 0 Å². The number of rotatable bonds is 3. The number of halogens is 1. The summed E-state index contributed by atoms with van der Waals surface area (Å²) < 4.78 is 1.09. The Labute approximate surface area is 128 Å². The van der Waals surface area contributed by atoms with E-state index >= 15 is 0 Å². The van der Waals surface area contributed by atoms with Gasteiger partial charge in [-0.3, -0.25) is 4.79 Å². The lowest BCUT2D eigenvalue weighted by Gasteiger charge is -2.28. The van der Waals surface area contributed by atoms with E-state index in [9.17, 15) is 4.79 Å². The van der Waals surface area contributed by atoms with Gasteiger partial charge in [0.1, 0.15) is 0 Å². The Morgan fingerprint density at radius 2 is 1.95 bits per heavy atom. The highest BCUT2D eigenvalue weighted by Crippen LogP contribution is 2.28. The highest BCUT2D eigenvalue weighted by molar-refractivity contribution is 9.10. The van der Waals surface area contributed by atoms with Gasteiger partial charge in [0.2, 0.25) is 5.91 Å². The van der Waals surface area contributed by atoms with Crippen LogP contribution in [0.2, 0.25) is 0 Å². The van der Waals surface area contributed by atoms with Gasteiger partial charge in [-0.1, -0.05) is 28.1 Å². The standard InChI is InChI=1S/C16H21BrN2O/c17-13-4-1-12(2-5-13)3-8-16(20)19-14-6-7-15(19)11-18-10-9-14/h1-2,4-5,14-15,18H,3,6-11H2. The third-order valence-corrected chi connectivity index (χ3v) is 5.01. The molecule has 4 heteroatoms. The monoisotopic (exact) mass is 336 g/mol. The highest BCUT2D eigenvalue weighted by Gasteiger charge is 2.37. The zero-order chi connectivity index (χ0) is 13.9. The first-order valence-electron chi connectivity index (χ1n) is 7.50. The number of fused-ring (bicyclic) bond motifs is 2. The summed E-state index contributed by atoms with van der Waals surface area (Å²) in [5.41, 5.74) is 1.24. The normalized spacial score (nSPS) is 25.6. The van der Waals surface area contributed by atoms with Crippen LogP contribution in [0.25, 0.3) is 0 Å². The molecule has 2 bridgehead atoms. The molecular weight excluding hydrogens is 316 g/mol. The molecule has 3 rings (SSSR count). The molecule has 1 amide bonds. The molecule has 3 nitrogen and oxygen atoms in total. The highest BCUT2D eigenvalue weighted by atomic mass is 79.9. The average Bonchev–Trinajstić information content (AvgIpc) is 2.71. The number of hydrogen-bond donors (Lipinski definition) is 1. The number of aryl methyl sites for hydroxylation is 1. The van der Waals surface area contributed by atoms with Gasteiger partial charge in [0, 0.05) is 29.5 Å². The summed E-state index contributed by atoms with van der Waals surface area (Å²) in [6.07, 6.45) is 4.95. The third-order valence-electron chi connectivity index (χ3n) is 4.48. The zero-order valence-electron chi connectivity index (χ0n) is 11.6. The van der Waals surface area contributed by atoms with Crippen LogP contribution >= 0.6 is 15.9 Å². The molecule has 1 aromatic carbocycles. The van der Waals surface area contributed by atoms with Gasteiger partial charge in [0.25, 0.3) is 0 Å². The van der Waals surface area contributed by atoms with Crippen LogP contribution in [0.5, 0.6) is 0 Å². The predicted molar refractivity (Wildman–Crippen MR) is 83.6 cm³/mol. The second kappa shape index (κ2) is 6.27. The number of hydrogen-bond acceptors (Lipinski definition) is 2. The maximum Gasteiger partial charge on any atom is 0.223 e. The molecule has 1 N–H and O–H groups in total. The Bertz CT molecular complexity index is 460. The van der Waals surface area contributed by atoms with Crippen molar-refractivity contribution in [2.75, 3.05) is 13.1 Å². The first-order chi connectivity index (χ1) is 9.74. The molecule has 2 aliphatic heterocycles. The van der Waals surface area contributed by atoms with Gasteiger partial charge in [-0.15, -0.1) is 0 Å². The molecular formula is C16H21BrN2O. The number of nitrogens with zero attached hydrogens (tertiary/aromatic N) is 1. The minimum absolute atomic E-state index is 0.337. The van der Waals surface area contributed by atoms with Crippen molar-refractivity contribution in [2.45, 2.75) is 44.2 Å². The van der Waals surface area contributed by atoms with E-state index < -0.39 is 0 Å². The Kier molecular flexibility index (Phi) is 4.41. The van der Waals surface area contributed by atoms with Gasteiger partial charge < -0.3 is 10.2 Å². The molecule has 0 aromatic heterocycles. The fourth-order valence-electron chi connectivity index (χ4n) is 3.42. The number of carbonyl (C=O) groups excluding carboxylic acids is 1. The Balaban J connectivity index is 1.60. The van der Waals surface area contributed by atoms with Crippen LogP contribution in [0.1, 0.15) is 31.2 Å². The quantitative estimate of drug-likeness (QED) is 0.920.